The number of halogens is 1. The average Bonchev–Trinajstić information content (AvgIpc) is 2.70. The summed E-state index contributed by atoms with van der Waals surface area (Å²) in [5, 5.41) is 28.3. The van der Waals surface area contributed by atoms with E-state index in [0.29, 0.717) is 11.3 Å². The van der Waals surface area contributed by atoms with Crippen molar-refractivity contribution in [2.24, 2.45) is 10.2 Å². The first-order valence-electron chi connectivity index (χ1n) is 8.39. The minimum absolute atomic E-state index is 0.00742. The lowest BCUT2D eigenvalue weighted by Crippen LogP contribution is -2.25. The van der Waals surface area contributed by atoms with Gasteiger partial charge in [-0.05, 0) is 49.7 Å². The zero-order chi connectivity index (χ0) is 20.3. The summed E-state index contributed by atoms with van der Waals surface area (Å²) in [6.45, 7) is 3.30. The molecule has 140 valence electrons. The quantitative estimate of drug-likeness (QED) is 0.584. The van der Waals surface area contributed by atoms with Crippen LogP contribution in [0.2, 0.25) is 0 Å². The van der Waals surface area contributed by atoms with Crippen molar-refractivity contribution in [1.29, 1.82) is 5.26 Å². The molecule has 3 aromatic rings. The highest BCUT2D eigenvalue weighted by Gasteiger charge is 2.23. The van der Waals surface area contributed by atoms with E-state index in [4.69, 9.17) is 0 Å². The van der Waals surface area contributed by atoms with Gasteiger partial charge in [0.15, 0.2) is 5.69 Å². The Bertz CT molecular complexity index is 1130. The monoisotopic (exact) mass is 437 g/mol. The molecule has 1 aromatic carbocycles. The van der Waals surface area contributed by atoms with Gasteiger partial charge < -0.3 is 5.11 Å². The predicted octanol–water partition coefficient (Wildman–Crippen LogP) is 4.92. The fourth-order valence-corrected chi connectivity index (χ4v) is 3.04. The number of hydrogen-bond donors (Lipinski definition) is 1. The molecule has 0 bridgehead atoms. The van der Waals surface area contributed by atoms with E-state index in [1.54, 1.807) is 50.5 Å². The van der Waals surface area contributed by atoms with Gasteiger partial charge in [0, 0.05) is 22.4 Å². The number of aromatic nitrogens is 2. The largest absolute Gasteiger partial charge is 0.493 e. The average molecular weight is 438 g/mol. The van der Waals surface area contributed by atoms with Crippen LogP contribution >= 0.6 is 15.9 Å². The van der Waals surface area contributed by atoms with Crippen LogP contribution < -0.4 is 5.56 Å². The van der Waals surface area contributed by atoms with E-state index in [0.717, 1.165) is 9.04 Å². The van der Waals surface area contributed by atoms with E-state index in [-0.39, 0.29) is 16.8 Å². The summed E-state index contributed by atoms with van der Waals surface area (Å²) in [4.78, 5) is 17.1. The van der Waals surface area contributed by atoms with Gasteiger partial charge in [-0.2, -0.15) is 10.4 Å². The van der Waals surface area contributed by atoms with Crippen molar-refractivity contribution in [3.63, 3.8) is 0 Å². The molecule has 8 heteroatoms. The summed E-state index contributed by atoms with van der Waals surface area (Å²) in [5.41, 5.74) is 1.00. The number of aromatic hydroxyl groups is 1. The number of rotatable bonds is 4. The Morgan fingerprint density at radius 3 is 2.57 bits per heavy atom. The maximum absolute atomic E-state index is 13.1. The Morgan fingerprint density at radius 1 is 1.25 bits per heavy atom. The minimum Gasteiger partial charge on any atom is -0.493 e. The molecule has 1 N–H and O–H groups in total. The number of hydrogen-bond acceptors (Lipinski definition) is 6. The summed E-state index contributed by atoms with van der Waals surface area (Å²) in [6, 6.07) is 12.0. The van der Waals surface area contributed by atoms with E-state index >= 15 is 0 Å². The van der Waals surface area contributed by atoms with Crippen LogP contribution in [0.1, 0.15) is 29.7 Å². The molecule has 0 fully saturated rings. The van der Waals surface area contributed by atoms with Crippen LogP contribution in [-0.4, -0.2) is 14.7 Å². The molecular formula is C20H16BrN5O2. The van der Waals surface area contributed by atoms with Gasteiger partial charge in [0.05, 0.1) is 11.7 Å². The first kappa shape index (κ1) is 19.5. The molecule has 0 spiro atoms. The van der Waals surface area contributed by atoms with Gasteiger partial charge in [0.1, 0.15) is 11.6 Å². The van der Waals surface area contributed by atoms with Gasteiger partial charge in [0.25, 0.3) is 5.56 Å². The lowest BCUT2D eigenvalue weighted by molar-refractivity contribution is 0.393. The molecule has 0 aliphatic rings. The molecule has 0 saturated heterocycles. The highest BCUT2D eigenvalue weighted by Crippen LogP contribution is 2.30. The third-order valence-electron chi connectivity index (χ3n) is 4.36. The number of benzene rings is 1. The summed E-state index contributed by atoms with van der Waals surface area (Å²) in [5.74, 6) is -0.399. The normalized spacial score (nSPS) is 12.1. The molecule has 0 amide bonds. The summed E-state index contributed by atoms with van der Waals surface area (Å²) < 4.78 is 2.03. The van der Waals surface area contributed by atoms with Gasteiger partial charge in [-0.25, -0.2) is 0 Å². The van der Waals surface area contributed by atoms with Crippen molar-refractivity contribution in [2.45, 2.75) is 19.9 Å². The summed E-state index contributed by atoms with van der Waals surface area (Å²) >= 11 is 3.34. The molecule has 1 unspecified atom stereocenters. The molecule has 1 atom stereocenters. The Hall–Kier alpha value is -3.31. The number of pyridine rings is 2. The molecule has 28 heavy (non-hydrogen) atoms. The van der Waals surface area contributed by atoms with Gasteiger partial charge in [-0.3, -0.25) is 14.3 Å². The van der Waals surface area contributed by atoms with Crippen LogP contribution in [0.4, 0.5) is 11.4 Å². The van der Waals surface area contributed by atoms with Gasteiger partial charge >= 0.3 is 0 Å². The van der Waals surface area contributed by atoms with Crippen molar-refractivity contribution < 1.29 is 5.11 Å². The van der Waals surface area contributed by atoms with E-state index in [1.165, 1.54) is 0 Å². The van der Waals surface area contributed by atoms with Crippen molar-refractivity contribution in [2.75, 3.05) is 0 Å². The highest BCUT2D eigenvalue weighted by atomic mass is 79.9. The molecule has 2 aromatic heterocycles. The van der Waals surface area contributed by atoms with Crippen LogP contribution in [0, 0.1) is 18.3 Å². The van der Waals surface area contributed by atoms with Crippen molar-refractivity contribution in [3.8, 4) is 11.9 Å². The molecule has 0 aliphatic heterocycles. The molecule has 0 radical (unpaired) electrons. The topological polar surface area (TPSA) is 104 Å². The third kappa shape index (κ3) is 3.70. The maximum Gasteiger partial charge on any atom is 0.282 e. The Balaban J connectivity index is 2.17. The smallest absolute Gasteiger partial charge is 0.282 e. The molecule has 7 nitrogen and oxygen atoms in total. The van der Waals surface area contributed by atoms with Gasteiger partial charge in [-0.15, -0.1) is 5.11 Å². The van der Waals surface area contributed by atoms with E-state index in [2.05, 4.69) is 31.1 Å². The van der Waals surface area contributed by atoms with Gasteiger partial charge in [-0.1, -0.05) is 22.0 Å². The van der Waals surface area contributed by atoms with Crippen molar-refractivity contribution >= 4 is 27.3 Å². The zero-order valence-corrected chi connectivity index (χ0v) is 16.8. The SMILES string of the molecule is Cc1c(C#N)c(O)n(C(C)c2cccnc2)c(=O)c1N=Nc1ccc(Br)cc1. The zero-order valence-electron chi connectivity index (χ0n) is 15.2. The van der Waals surface area contributed by atoms with E-state index in [9.17, 15) is 15.2 Å². The second-order valence-corrected chi connectivity index (χ2v) is 7.01. The lowest BCUT2D eigenvalue weighted by atomic mass is 10.1. The standard InChI is InChI=1S/C20H16BrN5O2/c1-12-17(10-22)19(27)26(13(2)14-4-3-9-23-11-14)20(28)18(12)25-24-16-7-5-15(21)6-8-16/h3-9,11,13,27H,1-2H3. The number of nitrogens with zero attached hydrogens (tertiary/aromatic N) is 5. The first-order valence-corrected chi connectivity index (χ1v) is 9.18. The first-order chi connectivity index (χ1) is 13.4. The Kier molecular flexibility index (Phi) is 5.66. The van der Waals surface area contributed by atoms with Crippen LogP contribution in [0.25, 0.3) is 0 Å². The maximum atomic E-state index is 13.1. The summed E-state index contributed by atoms with van der Waals surface area (Å²) in [7, 11) is 0. The number of azo groups is 1. The second kappa shape index (κ2) is 8.15. The van der Waals surface area contributed by atoms with Crippen LogP contribution in [0.15, 0.2) is 68.3 Å². The molecule has 2 heterocycles. The Labute approximate surface area is 169 Å². The molecular weight excluding hydrogens is 422 g/mol. The highest BCUT2D eigenvalue weighted by molar-refractivity contribution is 9.10. The van der Waals surface area contributed by atoms with Crippen LogP contribution in [-0.2, 0) is 0 Å². The minimum atomic E-state index is -0.546. The van der Waals surface area contributed by atoms with E-state index in [1.807, 2.05) is 18.2 Å². The third-order valence-corrected chi connectivity index (χ3v) is 4.89. The van der Waals surface area contributed by atoms with Crippen molar-refractivity contribution in [3.05, 3.63) is 80.3 Å². The molecule has 0 aliphatic carbocycles. The van der Waals surface area contributed by atoms with Crippen LogP contribution in [0.5, 0.6) is 5.88 Å². The fraction of sp³-hybridized carbons (Fsp3) is 0.150. The number of nitriles is 1. The van der Waals surface area contributed by atoms with E-state index < -0.39 is 17.5 Å². The Morgan fingerprint density at radius 2 is 1.96 bits per heavy atom. The lowest BCUT2D eigenvalue weighted by Gasteiger charge is -2.19. The predicted molar refractivity (Wildman–Crippen MR) is 108 cm³/mol. The second-order valence-electron chi connectivity index (χ2n) is 6.10. The molecule has 3 rings (SSSR count). The summed E-state index contributed by atoms with van der Waals surface area (Å²) in [6.07, 6.45) is 3.22. The fourth-order valence-electron chi connectivity index (χ4n) is 2.78. The van der Waals surface area contributed by atoms with Crippen molar-refractivity contribution in [1.82, 2.24) is 9.55 Å². The van der Waals surface area contributed by atoms with Crippen LogP contribution in [0.3, 0.4) is 0 Å². The molecule has 0 saturated carbocycles. The van der Waals surface area contributed by atoms with Gasteiger partial charge in [0.2, 0.25) is 5.88 Å².